The second kappa shape index (κ2) is 12.0. The number of carbonyl (C=O) groups excluding carboxylic acids is 1. The first kappa shape index (κ1) is 23.5. The van der Waals surface area contributed by atoms with Crippen molar-refractivity contribution in [3.63, 3.8) is 0 Å². The van der Waals surface area contributed by atoms with Gasteiger partial charge >= 0.3 is 6.03 Å². The number of anilines is 1. The molecule has 2 N–H and O–H groups in total. The average molecular weight is 445 g/mol. The second-order valence-electron chi connectivity index (χ2n) is 9.54. The molecule has 0 spiro atoms. The van der Waals surface area contributed by atoms with E-state index in [-0.39, 0.29) is 6.03 Å². The Morgan fingerprint density at radius 2 is 1.88 bits per heavy atom. The molecule has 0 bridgehead atoms. The van der Waals surface area contributed by atoms with E-state index < -0.39 is 0 Å². The van der Waals surface area contributed by atoms with Crippen LogP contribution in [0.3, 0.4) is 0 Å². The zero-order chi connectivity index (χ0) is 22.2. The first-order valence-corrected chi connectivity index (χ1v) is 12.4. The highest BCUT2D eigenvalue weighted by Gasteiger charge is 2.31. The number of hydrogen-bond acceptors (Lipinski definition) is 5. The molecule has 1 aromatic rings. The number of hydrogen-bond donors (Lipinski definition) is 2. The second-order valence-corrected chi connectivity index (χ2v) is 9.54. The minimum absolute atomic E-state index is 0.130. The first-order chi connectivity index (χ1) is 15.7. The summed E-state index contributed by atoms with van der Waals surface area (Å²) in [5.74, 6) is 0.463. The summed E-state index contributed by atoms with van der Waals surface area (Å²) in [5.41, 5.74) is 2.07. The molecule has 2 saturated heterocycles. The molecule has 2 aliphatic heterocycles. The predicted molar refractivity (Wildman–Crippen MR) is 127 cm³/mol. The molecule has 1 aliphatic carbocycles. The minimum atomic E-state index is -0.130. The van der Waals surface area contributed by atoms with Crippen molar-refractivity contribution in [3.05, 3.63) is 29.8 Å². The highest BCUT2D eigenvalue weighted by molar-refractivity contribution is 5.90. The lowest BCUT2D eigenvalue weighted by atomic mass is 9.94. The predicted octanol–water partition coefficient (Wildman–Crippen LogP) is 3.31. The number of urea groups is 1. The number of amides is 2. The Bertz CT molecular complexity index is 713. The molecule has 7 heteroatoms. The number of ether oxygens (including phenoxy) is 2. The summed E-state index contributed by atoms with van der Waals surface area (Å²) in [7, 11) is 2.21. The molecule has 3 fully saturated rings. The van der Waals surface area contributed by atoms with Crippen LogP contribution >= 0.6 is 0 Å². The van der Waals surface area contributed by atoms with E-state index in [1.807, 2.05) is 12.1 Å². The molecule has 2 atom stereocenters. The molecular formula is C25H40N4O3. The number of morpholine rings is 1. The summed E-state index contributed by atoms with van der Waals surface area (Å²) >= 11 is 0. The summed E-state index contributed by atoms with van der Waals surface area (Å²) in [6, 6.07) is 8.99. The maximum atomic E-state index is 12.8. The summed E-state index contributed by atoms with van der Waals surface area (Å²) in [6.45, 7) is 6.44. The lowest BCUT2D eigenvalue weighted by Gasteiger charge is -2.37. The van der Waals surface area contributed by atoms with Gasteiger partial charge in [0, 0.05) is 56.5 Å². The monoisotopic (exact) mass is 444 g/mol. The van der Waals surface area contributed by atoms with Gasteiger partial charge in [-0.25, -0.2) is 4.79 Å². The van der Waals surface area contributed by atoms with Gasteiger partial charge in [-0.05, 0) is 37.9 Å². The number of carbonyl (C=O) groups is 1. The molecule has 2 amide bonds. The van der Waals surface area contributed by atoms with Crippen LogP contribution in [-0.4, -0.2) is 81.0 Å². The smallest absolute Gasteiger partial charge is 0.319 e. The van der Waals surface area contributed by atoms with Crippen molar-refractivity contribution < 1.29 is 14.3 Å². The van der Waals surface area contributed by atoms with E-state index in [1.165, 1.54) is 37.7 Å². The van der Waals surface area contributed by atoms with Gasteiger partial charge in [0.05, 0.1) is 19.8 Å². The highest BCUT2D eigenvalue weighted by atomic mass is 16.5. The summed E-state index contributed by atoms with van der Waals surface area (Å²) in [5, 5.41) is 6.26. The number of nitrogens with one attached hydrogen (secondary N) is 2. The van der Waals surface area contributed by atoms with Crippen molar-refractivity contribution >= 4 is 11.7 Å². The standard InChI is InChI=1S/C25H40N4O3/c1-28(22-8-3-2-4-9-22)18-20-7-5-6-10-23(20)27-25(30)26-17-24(21-11-14-32-19-21)29-12-15-31-16-13-29/h5-7,10,21-22,24H,2-4,8-9,11-19H2,1H3,(H2,26,27,30). The lowest BCUT2D eigenvalue weighted by Crippen LogP contribution is -2.52. The van der Waals surface area contributed by atoms with E-state index in [0.29, 0.717) is 24.5 Å². The third kappa shape index (κ3) is 6.44. The highest BCUT2D eigenvalue weighted by Crippen LogP contribution is 2.25. The Kier molecular flexibility index (Phi) is 8.79. The van der Waals surface area contributed by atoms with E-state index in [0.717, 1.165) is 58.2 Å². The fourth-order valence-corrected chi connectivity index (χ4v) is 5.42. The van der Waals surface area contributed by atoms with Crippen molar-refractivity contribution in [1.29, 1.82) is 0 Å². The molecule has 0 aromatic heterocycles. The molecule has 0 radical (unpaired) electrons. The Hall–Kier alpha value is -1.67. The number of para-hydroxylation sites is 1. The van der Waals surface area contributed by atoms with Gasteiger partial charge in [0.15, 0.2) is 0 Å². The van der Waals surface area contributed by atoms with Gasteiger partial charge in [0.25, 0.3) is 0 Å². The Morgan fingerprint density at radius 1 is 1.09 bits per heavy atom. The Balaban J connectivity index is 1.32. The number of rotatable bonds is 8. The van der Waals surface area contributed by atoms with Crippen LogP contribution in [0.4, 0.5) is 10.5 Å². The lowest BCUT2D eigenvalue weighted by molar-refractivity contribution is 0.00222. The van der Waals surface area contributed by atoms with Crippen LogP contribution in [0.15, 0.2) is 24.3 Å². The maximum Gasteiger partial charge on any atom is 0.319 e. The van der Waals surface area contributed by atoms with E-state index in [4.69, 9.17) is 9.47 Å². The number of nitrogens with zero attached hydrogens (tertiary/aromatic N) is 2. The average Bonchev–Trinajstić information content (AvgIpc) is 3.36. The molecule has 2 unspecified atom stereocenters. The largest absolute Gasteiger partial charge is 0.381 e. The minimum Gasteiger partial charge on any atom is -0.381 e. The van der Waals surface area contributed by atoms with Crippen LogP contribution < -0.4 is 10.6 Å². The SMILES string of the molecule is CN(Cc1ccccc1NC(=O)NCC(C1CCOC1)N1CCOCC1)C1CCCCC1. The molecule has 4 rings (SSSR count). The van der Waals surface area contributed by atoms with Crippen LogP contribution in [0.1, 0.15) is 44.1 Å². The van der Waals surface area contributed by atoms with Gasteiger partial charge in [-0.1, -0.05) is 37.5 Å². The van der Waals surface area contributed by atoms with E-state index in [1.54, 1.807) is 0 Å². The molecule has 1 saturated carbocycles. The van der Waals surface area contributed by atoms with Crippen LogP contribution in [0.5, 0.6) is 0 Å². The van der Waals surface area contributed by atoms with Gasteiger partial charge in [-0.2, -0.15) is 0 Å². The Labute approximate surface area is 192 Å². The summed E-state index contributed by atoms with van der Waals surface area (Å²) < 4.78 is 11.2. The third-order valence-electron chi connectivity index (χ3n) is 7.38. The van der Waals surface area contributed by atoms with E-state index >= 15 is 0 Å². The number of benzene rings is 1. The van der Waals surface area contributed by atoms with Crippen molar-refractivity contribution in [2.24, 2.45) is 5.92 Å². The Morgan fingerprint density at radius 3 is 2.62 bits per heavy atom. The molecule has 3 aliphatic rings. The van der Waals surface area contributed by atoms with Gasteiger partial charge in [-0.15, -0.1) is 0 Å². The molecule has 7 nitrogen and oxygen atoms in total. The van der Waals surface area contributed by atoms with Crippen LogP contribution in [0, 0.1) is 5.92 Å². The molecule has 2 heterocycles. The van der Waals surface area contributed by atoms with Crippen molar-refractivity contribution in [2.75, 3.05) is 58.4 Å². The molecule has 32 heavy (non-hydrogen) atoms. The first-order valence-electron chi connectivity index (χ1n) is 12.4. The zero-order valence-electron chi connectivity index (χ0n) is 19.6. The normalized spacial score (nSPS) is 23.9. The van der Waals surface area contributed by atoms with Crippen molar-refractivity contribution in [2.45, 2.75) is 57.2 Å². The van der Waals surface area contributed by atoms with Gasteiger partial charge in [0.2, 0.25) is 0 Å². The molecule has 1 aromatic carbocycles. The van der Waals surface area contributed by atoms with E-state index in [9.17, 15) is 4.79 Å². The molecular weight excluding hydrogens is 404 g/mol. The van der Waals surface area contributed by atoms with E-state index in [2.05, 4.69) is 39.6 Å². The van der Waals surface area contributed by atoms with Crippen molar-refractivity contribution in [1.82, 2.24) is 15.1 Å². The quantitative estimate of drug-likeness (QED) is 0.644. The van der Waals surface area contributed by atoms with Crippen LogP contribution in [0.25, 0.3) is 0 Å². The molecule has 178 valence electrons. The summed E-state index contributed by atoms with van der Waals surface area (Å²) in [6.07, 6.45) is 7.63. The van der Waals surface area contributed by atoms with Crippen molar-refractivity contribution in [3.8, 4) is 0 Å². The third-order valence-corrected chi connectivity index (χ3v) is 7.38. The van der Waals surface area contributed by atoms with Gasteiger partial charge < -0.3 is 20.1 Å². The zero-order valence-corrected chi connectivity index (χ0v) is 19.6. The van der Waals surface area contributed by atoms with Gasteiger partial charge in [0.1, 0.15) is 0 Å². The summed E-state index contributed by atoms with van der Waals surface area (Å²) in [4.78, 5) is 17.7. The topological polar surface area (TPSA) is 66.1 Å². The fraction of sp³-hybridized carbons (Fsp3) is 0.720. The van der Waals surface area contributed by atoms with Gasteiger partial charge in [-0.3, -0.25) is 9.80 Å². The van der Waals surface area contributed by atoms with Crippen LogP contribution in [-0.2, 0) is 16.0 Å². The maximum absolute atomic E-state index is 12.8. The fourth-order valence-electron chi connectivity index (χ4n) is 5.42. The van der Waals surface area contributed by atoms with Crippen LogP contribution in [0.2, 0.25) is 0 Å².